The Labute approximate surface area is 246 Å². The van der Waals surface area contributed by atoms with Crippen LogP contribution in [0.4, 0.5) is 11.4 Å². The number of aliphatic imine (C=N–C) groups is 1. The molecule has 43 heavy (non-hydrogen) atoms. The van der Waals surface area contributed by atoms with Crippen molar-refractivity contribution in [2.45, 2.75) is 30.4 Å². The Balaban J connectivity index is 1.74. The lowest BCUT2D eigenvalue weighted by atomic mass is 10.0. The number of aliphatic carboxylic acids is 1. The lowest BCUT2D eigenvalue weighted by Crippen LogP contribution is -2.51. The van der Waals surface area contributed by atoms with Crippen molar-refractivity contribution in [3.8, 4) is 0 Å². The summed E-state index contributed by atoms with van der Waals surface area (Å²) in [4.78, 5) is 65.9. The van der Waals surface area contributed by atoms with E-state index in [0.29, 0.717) is 16.8 Å². The molecule has 0 aromatic heterocycles. The summed E-state index contributed by atoms with van der Waals surface area (Å²) in [5.74, 6) is -3.39. The van der Waals surface area contributed by atoms with Crippen molar-refractivity contribution >= 4 is 57.1 Å². The van der Waals surface area contributed by atoms with Crippen LogP contribution in [-0.2, 0) is 34.0 Å². The minimum absolute atomic E-state index is 0.209. The number of rotatable bonds is 11. The van der Waals surface area contributed by atoms with Crippen molar-refractivity contribution < 1.29 is 37.5 Å². The molecule has 0 bridgehead atoms. The number of aldehydes is 1. The molecule has 0 aliphatic carbocycles. The van der Waals surface area contributed by atoms with Gasteiger partial charge in [-0.15, -0.1) is 0 Å². The van der Waals surface area contributed by atoms with E-state index in [4.69, 9.17) is 5.11 Å². The van der Waals surface area contributed by atoms with Gasteiger partial charge in [0.25, 0.3) is 5.91 Å². The predicted molar refractivity (Wildman–Crippen MR) is 156 cm³/mol. The van der Waals surface area contributed by atoms with Crippen LogP contribution in [0.25, 0.3) is 0 Å². The molecule has 0 saturated heterocycles. The second-order valence-electron chi connectivity index (χ2n) is 9.42. The Kier molecular flexibility index (Phi) is 9.42. The molecule has 1 aliphatic heterocycles. The van der Waals surface area contributed by atoms with Crippen LogP contribution < -0.4 is 20.3 Å². The Morgan fingerprint density at radius 3 is 2.28 bits per heavy atom. The number of sulfonamides is 1. The molecule has 3 amide bonds. The van der Waals surface area contributed by atoms with Crippen LogP contribution in [-0.4, -0.2) is 68.0 Å². The van der Waals surface area contributed by atoms with Crippen molar-refractivity contribution in [3.63, 3.8) is 0 Å². The third-order valence-electron chi connectivity index (χ3n) is 6.21. The molecule has 0 saturated carbocycles. The largest absolute Gasteiger partial charge is 0.481 e. The van der Waals surface area contributed by atoms with E-state index in [2.05, 4.69) is 20.3 Å². The first-order valence-corrected chi connectivity index (χ1v) is 14.4. The molecule has 0 spiro atoms. The van der Waals surface area contributed by atoms with E-state index in [0.717, 1.165) is 4.90 Å². The smallest absolute Gasteiger partial charge is 0.305 e. The summed E-state index contributed by atoms with van der Waals surface area (Å²) in [5.41, 5.74) is 1.88. The normalized spacial score (nSPS) is 15.4. The number of amides is 3. The molecule has 4 N–H and O–H groups in total. The van der Waals surface area contributed by atoms with Gasteiger partial charge in [0.05, 0.1) is 28.8 Å². The molecule has 4 rings (SSSR count). The summed E-state index contributed by atoms with van der Waals surface area (Å²) in [6, 6.07) is 19.2. The van der Waals surface area contributed by atoms with Crippen molar-refractivity contribution in [3.05, 3.63) is 90.0 Å². The van der Waals surface area contributed by atoms with Gasteiger partial charge in [-0.25, -0.2) is 8.42 Å². The highest BCUT2D eigenvalue weighted by Crippen LogP contribution is 2.28. The first-order valence-electron chi connectivity index (χ1n) is 12.9. The highest BCUT2D eigenvalue weighted by molar-refractivity contribution is 7.89. The number of carbonyl (C=O) groups is 5. The lowest BCUT2D eigenvalue weighted by Gasteiger charge is -2.25. The quantitative estimate of drug-likeness (QED) is 0.235. The Morgan fingerprint density at radius 1 is 1.00 bits per heavy atom. The third-order valence-corrected chi connectivity index (χ3v) is 7.64. The van der Waals surface area contributed by atoms with Crippen molar-refractivity contribution in [1.82, 2.24) is 10.0 Å². The topological polar surface area (TPSA) is 191 Å². The average molecular weight is 606 g/mol. The second-order valence-corrected chi connectivity index (χ2v) is 11.1. The number of hydrogen-bond donors (Lipinski definition) is 4. The summed E-state index contributed by atoms with van der Waals surface area (Å²) in [6.07, 6.45) is -2.12. The van der Waals surface area contributed by atoms with Crippen LogP contribution in [0, 0.1) is 0 Å². The number of benzene rings is 3. The average Bonchev–Trinajstić information content (AvgIpc) is 3.07. The van der Waals surface area contributed by atoms with Gasteiger partial charge in [0.2, 0.25) is 21.8 Å². The van der Waals surface area contributed by atoms with Gasteiger partial charge in [-0.3, -0.25) is 29.1 Å². The van der Waals surface area contributed by atoms with Crippen molar-refractivity contribution in [2.75, 3.05) is 16.8 Å². The number of benzodiazepines with no additional fused rings is 1. The molecule has 222 valence electrons. The zero-order valence-electron chi connectivity index (χ0n) is 22.8. The van der Waals surface area contributed by atoms with Crippen LogP contribution in [0.2, 0.25) is 0 Å². The summed E-state index contributed by atoms with van der Waals surface area (Å²) in [5, 5.41) is 13.8. The van der Waals surface area contributed by atoms with Crippen LogP contribution in [0.15, 0.2) is 88.8 Å². The van der Waals surface area contributed by atoms with E-state index in [1.807, 2.05) is 0 Å². The summed E-state index contributed by atoms with van der Waals surface area (Å²) in [7, 11) is -4.36. The van der Waals surface area contributed by atoms with Crippen LogP contribution in [0.3, 0.4) is 0 Å². The van der Waals surface area contributed by atoms with Gasteiger partial charge in [-0.05, 0) is 30.3 Å². The minimum Gasteiger partial charge on any atom is -0.481 e. The molecule has 1 heterocycles. The fourth-order valence-electron chi connectivity index (χ4n) is 4.35. The number of anilines is 2. The molecular formula is C29H27N5O8S. The second kappa shape index (κ2) is 13.2. The van der Waals surface area contributed by atoms with Gasteiger partial charge in [0, 0.05) is 23.7 Å². The molecule has 14 heteroatoms. The van der Waals surface area contributed by atoms with E-state index in [-0.39, 0.29) is 28.5 Å². The fourth-order valence-corrected chi connectivity index (χ4v) is 5.43. The number of para-hydroxylation sites is 1. The number of carbonyl (C=O) groups excluding carboxylic acids is 4. The number of fused-ring (bicyclic) bond motifs is 1. The number of nitrogens with one attached hydrogen (secondary N) is 3. The van der Waals surface area contributed by atoms with Gasteiger partial charge in [-0.1, -0.05) is 48.5 Å². The maximum Gasteiger partial charge on any atom is 0.305 e. The maximum atomic E-state index is 13.9. The first-order chi connectivity index (χ1) is 20.5. The van der Waals surface area contributed by atoms with Crippen LogP contribution in [0.1, 0.15) is 24.5 Å². The van der Waals surface area contributed by atoms with E-state index in [9.17, 15) is 32.4 Å². The van der Waals surface area contributed by atoms with Crippen LogP contribution in [0.5, 0.6) is 0 Å². The molecule has 1 unspecified atom stereocenters. The summed E-state index contributed by atoms with van der Waals surface area (Å²) >= 11 is 0. The van der Waals surface area contributed by atoms with E-state index >= 15 is 0 Å². The molecule has 3 aromatic carbocycles. The molecule has 1 aliphatic rings. The van der Waals surface area contributed by atoms with Gasteiger partial charge in [0.15, 0.2) is 6.17 Å². The SMILES string of the molecule is CC(=O)Nc1ccc(S(=O)(=O)NC2N=C(c3ccccc3)c3ccccc3N(CC(=O)N[C@H](C=O)CC(=O)O)C2=O)cc1. The molecule has 2 atom stereocenters. The van der Waals surface area contributed by atoms with Gasteiger partial charge < -0.3 is 20.5 Å². The van der Waals surface area contributed by atoms with Crippen molar-refractivity contribution in [2.24, 2.45) is 4.99 Å². The number of hydrogen-bond acceptors (Lipinski definition) is 8. The Bertz CT molecular complexity index is 1690. The van der Waals surface area contributed by atoms with Gasteiger partial charge in [0.1, 0.15) is 12.8 Å². The minimum atomic E-state index is -4.36. The number of carboxylic acid groups (broad SMARTS) is 1. The predicted octanol–water partition coefficient (Wildman–Crippen LogP) is 1.29. The third kappa shape index (κ3) is 7.55. The fraction of sp³-hybridized carbons (Fsp3) is 0.172. The first kappa shape index (κ1) is 30.7. The molecular weight excluding hydrogens is 578 g/mol. The number of nitrogens with zero attached hydrogens (tertiary/aromatic N) is 2. The van der Waals surface area contributed by atoms with Crippen molar-refractivity contribution in [1.29, 1.82) is 0 Å². The zero-order valence-corrected chi connectivity index (χ0v) is 23.6. The van der Waals surface area contributed by atoms with Gasteiger partial charge >= 0.3 is 5.97 Å². The molecule has 0 radical (unpaired) electrons. The Morgan fingerprint density at radius 2 is 1.65 bits per heavy atom. The van der Waals surface area contributed by atoms with E-state index < -0.39 is 53.0 Å². The highest BCUT2D eigenvalue weighted by atomic mass is 32.2. The summed E-state index contributed by atoms with van der Waals surface area (Å²) < 4.78 is 29.1. The van der Waals surface area contributed by atoms with Gasteiger partial charge in [-0.2, -0.15) is 4.72 Å². The monoisotopic (exact) mass is 605 g/mol. The van der Waals surface area contributed by atoms with E-state index in [1.54, 1.807) is 54.6 Å². The number of carboxylic acids is 1. The molecule has 13 nitrogen and oxygen atoms in total. The standard InChI is InChI=1S/C29H27N5O8S/c1-18(36)30-20-11-13-22(14-12-20)43(41,42)33-28-29(40)34(16-25(37)31-21(17-35)15-26(38)39)24-10-6-5-9-23(24)27(32-28)19-7-3-2-4-8-19/h2-14,17,21,28,33H,15-16H2,1H3,(H,30,36)(H,31,37)(H,38,39)/t21-,28?/m0/s1. The lowest BCUT2D eigenvalue weighted by molar-refractivity contribution is -0.139. The van der Waals surface area contributed by atoms with E-state index in [1.165, 1.54) is 31.2 Å². The molecule has 3 aromatic rings. The maximum absolute atomic E-state index is 13.9. The Hall–Kier alpha value is -5.21. The molecule has 0 fully saturated rings. The van der Waals surface area contributed by atoms with Crippen LogP contribution >= 0.6 is 0 Å². The summed E-state index contributed by atoms with van der Waals surface area (Å²) in [6.45, 7) is 0.641. The highest BCUT2D eigenvalue weighted by Gasteiger charge is 2.36. The zero-order chi connectivity index (χ0) is 31.1.